The highest BCUT2D eigenvalue weighted by Crippen LogP contribution is 2.27. The van der Waals surface area contributed by atoms with Gasteiger partial charge in [-0.3, -0.25) is 4.90 Å². The van der Waals surface area contributed by atoms with Crippen LogP contribution >= 0.6 is 0 Å². The standard InChI is InChI=1S/C18H36N2O/c1-4-16-7-5-6-8-18(16)19-14-17(13-15(2)3)20-9-11-21-12-10-20/h15-19H,4-14H2,1-3H3. The molecule has 1 N–H and O–H groups in total. The molecule has 3 nitrogen and oxygen atoms in total. The average Bonchev–Trinajstić information content (AvgIpc) is 2.52. The lowest BCUT2D eigenvalue weighted by Crippen LogP contribution is -2.51. The predicted molar refractivity (Wildman–Crippen MR) is 89.7 cm³/mol. The van der Waals surface area contributed by atoms with Crippen LogP contribution in [0.15, 0.2) is 0 Å². The largest absolute Gasteiger partial charge is 0.379 e. The van der Waals surface area contributed by atoms with Crippen LogP contribution < -0.4 is 5.32 Å². The van der Waals surface area contributed by atoms with Gasteiger partial charge in [0.15, 0.2) is 0 Å². The highest BCUT2D eigenvalue weighted by atomic mass is 16.5. The topological polar surface area (TPSA) is 24.5 Å². The molecular formula is C18H36N2O. The molecule has 21 heavy (non-hydrogen) atoms. The normalized spacial score (nSPS) is 29.7. The zero-order valence-electron chi connectivity index (χ0n) is 14.4. The second-order valence-electron chi connectivity index (χ2n) is 7.40. The van der Waals surface area contributed by atoms with Crippen molar-refractivity contribution >= 4 is 0 Å². The van der Waals surface area contributed by atoms with Crippen LogP contribution in [-0.4, -0.2) is 49.8 Å². The van der Waals surface area contributed by atoms with Crippen molar-refractivity contribution < 1.29 is 4.74 Å². The molecule has 0 aromatic rings. The highest BCUT2D eigenvalue weighted by Gasteiger charge is 2.26. The molecule has 3 atom stereocenters. The summed E-state index contributed by atoms with van der Waals surface area (Å²) in [6.07, 6.45) is 8.31. The highest BCUT2D eigenvalue weighted by molar-refractivity contribution is 4.84. The Morgan fingerprint density at radius 2 is 1.86 bits per heavy atom. The molecule has 0 spiro atoms. The molecule has 3 heteroatoms. The van der Waals surface area contributed by atoms with E-state index in [1.54, 1.807) is 0 Å². The fourth-order valence-corrected chi connectivity index (χ4v) is 4.10. The molecule has 124 valence electrons. The van der Waals surface area contributed by atoms with E-state index < -0.39 is 0 Å². The fourth-order valence-electron chi connectivity index (χ4n) is 4.10. The van der Waals surface area contributed by atoms with E-state index in [0.29, 0.717) is 6.04 Å². The Morgan fingerprint density at radius 3 is 2.52 bits per heavy atom. The van der Waals surface area contributed by atoms with Crippen molar-refractivity contribution in [3.8, 4) is 0 Å². The summed E-state index contributed by atoms with van der Waals surface area (Å²) < 4.78 is 5.52. The van der Waals surface area contributed by atoms with Crippen molar-refractivity contribution in [1.29, 1.82) is 0 Å². The summed E-state index contributed by atoms with van der Waals surface area (Å²) in [4.78, 5) is 2.65. The maximum atomic E-state index is 5.52. The van der Waals surface area contributed by atoms with Crippen molar-refractivity contribution in [3.63, 3.8) is 0 Å². The quantitative estimate of drug-likeness (QED) is 0.780. The molecule has 1 aliphatic carbocycles. The Bertz CT molecular complexity index is 276. The minimum Gasteiger partial charge on any atom is -0.379 e. The summed E-state index contributed by atoms with van der Waals surface area (Å²) in [7, 11) is 0. The Labute approximate surface area is 131 Å². The minimum atomic E-state index is 0.688. The average molecular weight is 296 g/mol. The van der Waals surface area contributed by atoms with Crippen molar-refractivity contribution in [3.05, 3.63) is 0 Å². The van der Waals surface area contributed by atoms with Crippen molar-refractivity contribution in [2.75, 3.05) is 32.8 Å². The van der Waals surface area contributed by atoms with Gasteiger partial charge in [-0.2, -0.15) is 0 Å². The van der Waals surface area contributed by atoms with E-state index in [2.05, 4.69) is 31.0 Å². The molecule has 1 saturated carbocycles. The van der Waals surface area contributed by atoms with E-state index in [1.807, 2.05) is 0 Å². The molecule has 2 fully saturated rings. The van der Waals surface area contributed by atoms with Crippen molar-refractivity contribution in [1.82, 2.24) is 10.2 Å². The maximum absolute atomic E-state index is 5.52. The molecule has 2 aliphatic rings. The smallest absolute Gasteiger partial charge is 0.0594 e. The van der Waals surface area contributed by atoms with Crippen LogP contribution in [0.4, 0.5) is 0 Å². The maximum Gasteiger partial charge on any atom is 0.0594 e. The third-order valence-corrected chi connectivity index (χ3v) is 5.35. The molecular weight excluding hydrogens is 260 g/mol. The first-order chi connectivity index (χ1) is 10.2. The van der Waals surface area contributed by atoms with Gasteiger partial charge in [-0.25, -0.2) is 0 Å². The molecule has 0 bridgehead atoms. The minimum absolute atomic E-state index is 0.688. The van der Waals surface area contributed by atoms with Crippen LogP contribution in [-0.2, 0) is 4.74 Å². The summed E-state index contributed by atoms with van der Waals surface area (Å²) in [5, 5.41) is 3.94. The molecule has 1 aliphatic heterocycles. The van der Waals surface area contributed by atoms with Gasteiger partial charge < -0.3 is 10.1 Å². The van der Waals surface area contributed by atoms with Gasteiger partial charge in [0.2, 0.25) is 0 Å². The Balaban J connectivity index is 1.85. The van der Waals surface area contributed by atoms with Gasteiger partial charge in [-0.1, -0.05) is 40.0 Å². The van der Waals surface area contributed by atoms with Crippen LogP contribution in [0.25, 0.3) is 0 Å². The number of morpholine rings is 1. The van der Waals surface area contributed by atoms with Crippen LogP contribution in [0.5, 0.6) is 0 Å². The van der Waals surface area contributed by atoms with E-state index in [1.165, 1.54) is 45.1 Å². The lowest BCUT2D eigenvalue weighted by atomic mass is 9.82. The molecule has 1 saturated heterocycles. The number of ether oxygens (including phenoxy) is 1. The lowest BCUT2D eigenvalue weighted by molar-refractivity contribution is 0.0110. The van der Waals surface area contributed by atoms with Gasteiger partial charge in [0.05, 0.1) is 13.2 Å². The Morgan fingerprint density at radius 1 is 1.14 bits per heavy atom. The van der Waals surface area contributed by atoms with Gasteiger partial charge in [-0.15, -0.1) is 0 Å². The van der Waals surface area contributed by atoms with Crippen molar-refractivity contribution in [2.24, 2.45) is 11.8 Å². The third kappa shape index (κ3) is 5.54. The van der Waals surface area contributed by atoms with E-state index in [4.69, 9.17) is 4.74 Å². The number of nitrogens with one attached hydrogen (secondary N) is 1. The van der Waals surface area contributed by atoms with Gasteiger partial charge >= 0.3 is 0 Å². The number of hydrogen-bond acceptors (Lipinski definition) is 3. The second-order valence-corrected chi connectivity index (χ2v) is 7.40. The van der Waals surface area contributed by atoms with Gasteiger partial charge in [0, 0.05) is 31.7 Å². The van der Waals surface area contributed by atoms with Crippen LogP contribution in [0.1, 0.15) is 59.3 Å². The monoisotopic (exact) mass is 296 g/mol. The van der Waals surface area contributed by atoms with Gasteiger partial charge in [0.25, 0.3) is 0 Å². The summed E-state index contributed by atoms with van der Waals surface area (Å²) in [5.74, 6) is 1.68. The molecule has 3 unspecified atom stereocenters. The number of nitrogens with zero attached hydrogens (tertiary/aromatic N) is 1. The second kappa shape index (κ2) is 9.12. The van der Waals surface area contributed by atoms with Crippen LogP contribution in [0.3, 0.4) is 0 Å². The summed E-state index contributed by atoms with van der Waals surface area (Å²) >= 11 is 0. The summed E-state index contributed by atoms with van der Waals surface area (Å²) in [6, 6.07) is 1.45. The lowest BCUT2D eigenvalue weighted by Gasteiger charge is -2.38. The first kappa shape index (κ1) is 17.2. The Kier molecular flexibility index (Phi) is 7.48. The summed E-state index contributed by atoms with van der Waals surface area (Å²) in [5.41, 5.74) is 0. The predicted octanol–water partition coefficient (Wildman–Crippen LogP) is 3.29. The van der Waals surface area contributed by atoms with Crippen molar-refractivity contribution in [2.45, 2.75) is 71.4 Å². The fraction of sp³-hybridized carbons (Fsp3) is 1.00. The molecule has 0 amide bonds. The van der Waals surface area contributed by atoms with E-state index in [9.17, 15) is 0 Å². The van der Waals surface area contributed by atoms with E-state index in [0.717, 1.165) is 44.2 Å². The molecule has 0 aromatic heterocycles. The first-order valence-corrected chi connectivity index (χ1v) is 9.25. The van der Waals surface area contributed by atoms with E-state index in [-0.39, 0.29) is 0 Å². The molecule has 2 rings (SSSR count). The third-order valence-electron chi connectivity index (χ3n) is 5.35. The SMILES string of the molecule is CCC1CCCCC1NCC(CC(C)C)N1CCOCC1. The molecule has 0 radical (unpaired) electrons. The molecule has 1 heterocycles. The zero-order chi connectivity index (χ0) is 15.1. The Hall–Kier alpha value is -0.120. The zero-order valence-corrected chi connectivity index (χ0v) is 14.4. The molecule has 0 aromatic carbocycles. The summed E-state index contributed by atoms with van der Waals surface area (Å²) in [6.45, 7) is 12.3. The van der Waals surface area contributed by atoms with Gasteiger partial charge in [-0.05, 0) is 31.1 Å². The van der Waals surface area contributed by atoms with Gasteiger partial charge in [0.1, 0.15) is 0 Å². The number of hydrogen-bond donors (Lipinski definition) is 1. The van der Waals surface area contributed by atoms with Crippen LogP contribution in [0, 0.1) is 11.8 Å². The van der Waals surface area contributed by atoms with Crippen LogP contribution in [0.2, 0.25) is 0 Å². The number of rotatable bonds is 7. The first-order valence-electron chi connectivity index (χ1n) is 9.25. The van der Waals surface area contributed by atoms with E-state index >= 15 is 0 Å².